The van der Waals surface area contributed by atoms with E-state index in [9.17, 15) is 52.7 Å². The first-order valence-electron chi connectivity index (χ1n) is 49.0. The number of nitrogens with zero attached hydrogens (tertiary/aromatic N) is 3. The van der Waals surface area contributed by atoms with Crippen LogP contribution in [-0.4, -0.2) is 284 Å². The first kappa shape index (κ1) is 111. The van der Waals surface area contributed by atoms with Gasteiger partial charge >= 0.3 is 42.2 Å². The number of esters is 4. The Hall–Kier alpha value is -13.3. The zero-order valence-corrected chi connectivity index (χ0v) is 86.2. The molecule has 0 bridgehead atoms. The summed E-state index contributed by atoms with van der Waals surface area (Å²) in [6, 6.07) is 30.5. The average Bonchev–Trinajstić information content (AvgIpc) is 1.57. The number of benzene rings is 6. The van der Waals surface area contributed by atoms with Gasteiger partial charge in [0.1, 0.15) is 31.9 Å². The number of ether oxygens (including phenoxy) is 17. The van der Waals surface area contributed by atoms with Crippen molar-refractivity contribution in [2.24, 2.45) is 11.3 Å². The van der Waals surface area contributed by atoms with Crippen LogP contribution in [0, 0.1) is 11.3 Å². The van der Waals surface area contributed by atoms with Crippen LogP contribution in [0.25, 0.3) is 11.1 Å². The lowest BCUT2D eigenvalue weighted by Gasteiger charge is -2.43. The van der Waals surface area contributed by atoms with Gasteiger partial charge in [-0.2, -0.15) is 0 Å². The van der Waals surface area contributed by atoms with Gasteiger partial charge in [0, 0.05) is 88.9 Å². The molecule has 1 saturated carbocycles. The van der Waals surface area contributed by atoms with Gasteiger partial charge in [-0.15, -0.1) is 0 Å². The number of anilines is 4. The minimum Gasteiger partial charge on any atom is -0.493 e. The number of hydrogen-bond acceptors (Lipinski definition) is 31. The molecule has 0 unspecified atom stereocenters. The highest BCUT2D eigenvalue weighted by molar-refractivity contribution is 6.74. The highest BCUT2D eigenvalue weighted by atomic mass is 28.4. The summed E-state index contributed by atoms with van der Waals surface area (Å²) < 4.78 is 105. The lowest BCUT2D eigenvalue weighted by atomic mass is 9.93. The maximum absolute atomic E-state index is 15.8. The van der Waals surface area contributed by atoms with Gasteiger partial charge in [0.05, 0.1) is 142 Å². The molecular formula is C105H135N9O31Si. The van der Waals surface area contributed by atoms with Crippen molar-refractivity contribution >= 4 is 109 Å². The van der Waals surface area contributed by atoms with Gasteiger partial charge in [-0.1, -0.05) is 126 Å². The van der Waals surface area contributed by atoms with Crippen molar-refractivity contribution in [3.63, 3.8) is 0 Å². The van der Waals surface area contributed by atoms with Crippen molar-refractivity contribution in [3.05, 3.63) is 167 Å². The van der Waals surface area contributed by atoms with Crippen LogP contribution in [0.3, 0.4) is 0 Å². The highest BCUT2D eigenvalue weighted by Crippen LogP contribution is 2.56. The molecule has 41 heteroatoms. The molecule has 2 saturated heterocycles. The highest BCUT2D eigenvalue weighted by Gasteiger charge is 2.57. The Morgan fingerprint density at radius 3 is 1.84 bits per heavy atom. The molecule has 3 fully saturated rings. The summed E-state index contributed by atoms with van der Waals surface area (Å²) in [7, 11) is 1.46. The summed E-state index contributed by atoms with van der Waals surface area (Å²) in [5.41, 5.74) is 7.06. The number of amides is 9. The Bertz CT molecular complexity index is 5610. The third-order valence-electron chi connectivity index (χ3n) is 26.4. The van der Waals surface area contributed by atoms with E-state index in [1.165, 1.54) is 62.5 Å². The molecule has 4 heterocycles. The van der Waals surface area contributed by atoms with Crippen LogP contribution in [0.2, 0.25) is 18.1 Å². The average molecular weight is 2050 g/mol. The molecule has 6 N–H and O–H groups in total. The normalized spacial score (nSPS) is 18.3. The van der Waals surface area contributed by atoms with Crippen LogP contribution >= 0.6 is 0 Å². The fourth-order valence-corrected chi connectivity index (χ4v) is 18.7. The van der Waals surface area contributed by atoms with Crippen molar-refractivity contribution in [2.45, 2.75) is 206 Å². The van der Waals surface area contributed by atoms with E-state index >= 15 is 9.59 Å². The molecule has 1 spiro atoms. The lowest BCUT2D eigenvalue weighted by molar-refractivity contribution is -0.302. The van der Waals surface area contributed by atoms with Crippen LogP contribution in [0.5, 0.6) is 23.0 Å². The first-order valence-corrected chi connectivity index (χ1v) is 51.9. The van der Waals surface area contributed by atoms with E-state index in [4.69, 9.17) is 85.0 Å². The van der Waals surface area contributed by atoms with Crippen LogP contribution in [0.1, 0.15) is 162 Å². The molecule has 9 amide bonds. The second kappa shape index (κ2) is 52.2. The molecule has 2 aliphatic carbocycles. The van der Waals surface area contributed by atoms with Crippen LogP contribution < -0.4 is 55.7 Å². The minimum absolute atomic E-state index is 0.0120. The van der Waals surface area contributed by atoms with Gasteiger partial charge in [-0.05, 0) is 132 Å². The molecule has 0 aromatic heterocycles. The number of methoxy groups -OCH3 is 3. The molecular weight excluding hydrogens is 1910 g/mol. The number of unbranched alkanes of at least 4 members (excludes halogenated alkanes) is 2. The number of alkyl carbamates (subject to hydrolysis) is 1. The fourth-order valence-electron chi connectivity index (χ4n) is 17.7. The van der Waals surface area contributed by atoms with Gasteiger partial charge in [0.25, 0.3) is 11.8 Å². The van der Waals surface area contributed by atoms with Crippen LogP contribution in [0.4, 0.5) is 37.1 Å². The van der Waals surface area contributed by atoms with Gasteiger partial charge < -0.3 is 121 Å². The minimum atomic E-state index is -2.42. The van der Waals surface area contributed by atoms with Crippen molar-refractivity contribution < 1.29 is 147 Å². The topological polar surface area (TPSA) is 470 Å². The number of hydrogen-bond donors (Lipinski definition) is 6. The Kier molecular flexibility index (Phi) is 39.8. The van der Waals surface area contributed by atoms with Gasteiger partial charge in [0.15, 0.2) is 62.0 Å². The van der Waals surface area contributed by atoms with Crippen molar-refractivity contribution in [1.82, 2.24) is 25.8 Å². The summed E-state index contributed by atoms with van der Waals surface area (Å²) in [5, 5.41) is 16.0. The zero-order chi connectivity index (χ0) is 105. The van der Waals surface area contributed by atoms with Crippen molar-refractivity contribution in [2.75, 3.05) is 154 Å². The summed E-state index contributed by atoms with van der Waals surface area (Å²) in [6.07, 6.45) is -5.63. The molecule has 4 aliphatic heterocycles. The second-order valence-corrected chi connectivity index (χ2v) is 43.1. The Morgan fingerprint density at radius 1 is 0.610 bits per heavy atom. The quantitative estimate of drug-likeness (QED) is 0.00679. The first-order chi connectivity index (χ1) is 69.9. The third kappa shape index (κ3) is 29.8. The van der Waals surface area contributed by atoms with E-state index in [-0.39, 0.29) is 180 Å². The standard InChI is InChI=1S/C105H135N9O31Si/c1-16-38-137-103(127)113-57-73-55-105(35-36-105)62-114(73)98(123)79-52-86(129-12)88(54-84(79)113)136-40-25-17-24-39-135-87-53-82(78(51-85(87)128-11)97(122)112-56-69-27-19-18-26-68(69)49-72(112)59-141-146(14,15)104(8,9)10)111-102(126)139-58-70-32-33-71(108-95(120)83(110-96(121)90(63(2)3)107-64(4)115)61-138-100-94(144-67(7)118)92(143-66(6)117)91(142-65(5)116)93(145-100)99(124)130-13)50-81(70)109-89(119)34-41-131-43-45-133-47-48-134-46-44-132-42-37-106-101(125)140-60-80-76-30-22-20-28-74(76)75-29-21-23-31-77(75)80/h16,18-23,26-33,50-54,63,72-73,80,83,90-94,100H,1,17,24-25,34-49,55-62H2,2-15H3,(H,106,125)(H,107,115)(H,108,120)(H,109,119)(H,110,121)(H,111,126)/t72-,73-,83-,90-,91-,92-,93-,94+,100+/m0/s1. The summed E-state index contributed by atoms with van der Waals surface area (Å²) >= 11 is 0. The molecule has 9 atom stereocenters. The second-order valence-electron chi connectivity index (χ2n) is 38.3. The number of carbonyl (C=O) groups is 13. The predicted octanol–water partition coefficient (Wildman–Crippen LogP) is 12.0. The molecule has 0 radical (unpaired) electrons. The summed E-state index contributed by atoms with van der Waals surface area (Å²) in [4.78, 5) is 184. The number of carbonyl (C=O) groups excluding carboxylic acids is 13. The fraction of sp³-hybridized carbons (Fsp3) is 0.514. The van der Waals surface area contributed by atoms with E-state index < -0.39 is 148 Å². The molecule has 790 valence electrons. The molecule has 6 aromatic rings. The number of fused-ring (bicyclic) bond motifs is 6. The summed E-state index contributed by atoms with van der Waals surface area (Å²) in [5.74, 6) is -7.80. The monoisotopic (exact) mass is 2050 g/mol. The predicted molar refractivity (Wildman–Crippen MR) is 534 cm³/mol. The molecule has 6 aliphatic rings. The van der Waals surface area contributed by atoms with E-state index in [2.05, 4.69) is 84.5 Å². The molecule has 12 rings (SSSR count). The zero-order valence-electron chi connectivity index (χ0n) is 85.2. The number of nitrogens with one attached hydrogen (secondary N) is 6. The summed E-state index contributed by atoms with van der Waals surface area (Å²) in [6.45, 7) is 23.2. The Labute approximate surface area is 849 Å². The molecule has 6 aromatic carbocycles. The van der Waals surface area contributed by atoms with Gasteiger partial charge in [-0.3, -0.25) is 53.4 Å². The van der Waals surface area contributed by atoms with Crippen LogP contribution in [0.15, 0.2) is 128 Å². The van der Waals surface area contributed by atoms with Crippen molar-refractivity contribution in [3.8, 4) is 34.1 Å². The maximum Gasteiger partial charge on any atom is 0.414 e. The maximum atomic E-state index is 15.8. The number of rotatable bonds is 50. The van der Waals surface area contributed by atoms with E-state index in [1.807, 2.05) is 65.6 Å². The smallest absolute Gasteiger partial charge is 0.414 e. The Balaban J connectivity index is 0.745. The lowest BCUT2D eigenvalue weighted by Crippen LogP contribution is -2.64. The third-order valence-corrected chi connectivity index (χ3v) is 30.9. The van der Waals surface area contributed by atoms with Gasteiger partial charge in [0.2, 0.25) is 23.6 Å². The molecule has 146 heavy (non-hydrogen) atoms. The van der Waals surface area contributed by atoms with Gasteiger partial charge in [-0.25, -0.2) is 19.2 Å². The SMILES string of the molecule is C=CCOC(=O)N1C[C@@H]2CC3(CC3)CN2C(=O)c2cc(OC)c(OCCCCCOc3cc(NC(=O)OCc4ccc(NC(=O)[C@H](CO[C@@H]5O[C@H](C(=O)OC)[C@@H](OC(C)=O)[C@H](OC(C)=O)[C@H]5OC(C)=O)NC(=O)[C@@H](NC(C)=O)C(C)C)cc4NC(=O)CCOCCOCCOCCOCCNC(=O)OCC4c5ccccc5-c5ccccc54)c(C(=O)N4Cc5ccccc5C[C@H]4CO[Si](C)(C)C(C)(C)C)cc3OC)cc21. The van der Waals surface area contributed by atoms with Crippen LogP contribution in [-0.2, 0) is 124 Å². The largest absolute Gasteiger partial charge is 0.493 e. The van der Waals surface area contributed by atoms with E-state index in [0.29, 0.717) is 55.0 Å². The Morgan fingerprint density at radius 2 is 1.22 bits per heavy atom. The van der Waals surface area contributed by atoms with E-state index in [1.54, 1.807) is 30.9 Å². The van der Waals surface area contributed by atoms with Crippen molar-refractivity contribution in [1.29, 1.82) is 0 Å². The molecule has 40 nitrogen and oxygen atoms in total. The van der Waals surface area contributed by atoms with E-state index in [0.717, 1.165) is 80.5 Å².